The molecule has 1 atom stereocenters. The molecule has 0 amide bonds. The molecule has 2 heterocycles. The number of nitrogens with zero attached hydrogens (tertiary/aromatic N) is 2. The van der Waals surface area contributed by atoms with Gasteiger partial charge in [-0.2, -0.15) is 0 Å². The molecule has 0 saturated heterocycles. The lowest BCUT2D eigenvalue weighted by atomic mass is 9.70. The highest BCUT2D eigenvalue weighted by Gasteiger charge is 2.52. The minimum absolute atomic E-state index is 0.476. The summed E-state index contributed by atoms with van der Waals surface area (Å²) in [4.78, 5) is 5.22. The van der Waals surface area contributed by atoms with Crippen molar-refractivity contribution < 1.29 is 4.57 Å². The number of imidazole rings is 1. The molecule has 8 aromatic carbocycles. The van der Waals surface area contributed by atoms with Crippen LogP contribution in [0.4, 0.5) is 0 Å². The summed E-state index contributed by atoms with van der Waals surface area (Å²) in [5.74, 6) is 0.846. The summed E-state index contributed by atoms with van der Waals surface area (Å²) in [6, 6.07) is 66.6. The molecule has 4 heteroatoms. The van der Waals surface area contributed by atoms with Crippen LogP contribution < -0.4 is 15.9 Å². The van der Waals surface area contributed by atoms with Gasteiger partial charge in [-0.3, -0.25) is 4.57 Å². The predicted octanol–water partition coefficient (Wildman–Crippen LogP) is 10.7. The number of para-hydroxylation sites is 1. The molecule has 12 rings (SSSR count). The van der Waals surface area contributed by atoms with Crippen LogP contribution in [0.2, 0.25) is 0 Å². The Morgan fingerprint density at radius 2 is 1.02 bits per heavy atom. The van der Waals surface area contributed by atoms with E-state index in [1.54, 1.807) is 0 Å². The Hall–Kier alpha value is -6.54. The quantitative estimate of drug-likeness (QED) is 0.172. The van der Waals surface area contributed by atoms with Crippen LogP contribution in [0.15, 0.2) is 188 Å². The second-order valence-electron chi connectivity index (χ2n) is 14.5. The molecular formula is C50H31N2OP. The smallest absolute Gasteiger partial charge is 0.175 e. The number of rotatable bonds is 3. The van der Waals surface area contributed by atoms with Gasteiger partial charge in [-0.15, -0.1) is 0 Å². The summed E-state index contributed by atoms with van der Waals surface area (Å²) < 4.78 is 18.8. The van der Waals surface area contributed by atoms with Crippen LogP contribution in [0.1, 0.15) is 22.3 Å². The zero-order chi connectivity index (χ0) is 35.6. The lowest BCUT2D eigenvalue weighted by Gasteiger charge is -2.32. The van der Waals surface area contributed by atoms with Crippen LogP contribution in [-0.4, -0.2) is 9.55 Å². The number of fused-ring (bicyclic) bond motifs is 12. The fourth-order valence-electron chi connectivity index (χ4n) is 9.94. The van der Waals surface area contributed by atoms with Gasteiger partial charge >= 0.3 is 0 Å². The molecule has 1 unspecified atom stereocenters. The second kappa shape index (κ2) is 10.8. The Balaban J connectivity index is 1.19. The summed E-state index contributed by atoms with van der Waals surface area (Å²) in [5.41, 5.74) is 15.5. The molecule has 3 aliphatic rings. The lowest BCUT2D eigenvalue weighted by Crippen LogP contribution is -2.34. The van der Waals surface area contributed by atoms with E-state index in [0.717, 1.165) is 55.1 Å². The van der Waals surface area contributed by atoms with E-state index in [1.165, 1.54) is 44.5 Å². The molecule has 0 fully saturated rings. The second-order valence-corrected chi connectivity index (χ2v) is 17.2. The molecule has 1 spiro atoms. The van der Waals surface area contributed by atoms with E-state index in [2.05, 4.69) is 144 Å². The van der Waals surface area contributed by atoms with E-state index in [-0.39, 0.29) is 0 Å². The van der Waals surface area contributed by atoms with Crippen molar-refractivity contribution in [1.29, 1.82) is 0 Å². The van der Waals surface area contributed by atoms with E-state index in [9.17, 15) is 0 Å². The molecule has 252 valence electrons. The Bertz CT molecular complexity index is 3020. The predicted molar refractivity (Wildman–Crippen MR) is 221 cm³/mol. The SMILES string of the molecule is O=P1(c2ccccc2)c2c(-c3ccc4c(c3)C3(c5ccccc5-c5ccccc53)c3ccccc3-4)cccc2-n2c(-c3ccccc3)nc3cccc1c32. The van der Waals surface area contributed by atoms with E-state index >= 15 is 4.57 Å². The number of hydrogen-bond donors (Lipinski definition) is 0. The first-order valence-corrected chi connectivity index (χ1v) is 20.2. The summed E-state index contributed by atoms with van der Waals surface area (Å²) in [6.07, 6.45) is 0. The van der Waals surface area contributed by atoms with Gasteiger partial charge in [0.25, 0.3) is 0 Å². The Morgan fingerprint density at radius 1 is 0.463 bits per heavy atom. The molecule has 0 bridgehead atoms. The van der Waals surface area contributed by atoms with Gasteiger partial charge in [0.2, 0.25) is 0 Å². The summed E-state index contributed by atoms with van der Waals surface area (Å²) in [7, 11) is -3.42. The summed E-state index contributed by atoms with van der Waals surface area (Å²) in [6.45, 7) is 0. The van der Waals surface area contributed by atoms with Crippen molar-refractivity contribution in [1.82, 2.24) is 9.55 Å². The van der Waals surface area contributed by atoms with Crippen molar-refractivity contribution in [2.45, 2.75) is 5.41 Å². The maximum atomic E-state index is 16.6. The van der Waals surface area contributed by atoms with Gasteiger partial charge in [0.05, 0.1) is 27.4 Å². The molecule has 2 aliphatic carbocycles. The average molecular weight is 707 g/mol. The highest BCUT2D eigenvalue weighted by Crippen LogP contribution is 2.63. The number of hydrogen-bond acceptors (Lipinski definition) is 2. The van der Waals surface area contributed by atoms with Gasteiger partial charge in [-0.1, -0.05) is 164 Å². The topological polar surface area (TPSA) is 34.9 Å². The molecule has 54 heavy (non-hydrogen) atoms. The summed E-state index contributed by atoms with van der Waals surface area (Å²) >= 11 is 0. The largest absolute Gasteiger partial charge is 0.308 e. The number of aromatic nitrogens is 2. The first-order valence-electron chi connectivity index (χ1n) is 18.5. The fraction of sp³-hybridized carbons (Fsp3) is 0.0200. The minimum Gasteiger partial charge on any atom is -0.308 e. The maximum absolute atomic E-state index is 16.6. The van der Waals surface area contributed by atoms with Crippen molar-refractivity contribution in [3.63, 3.8) is 0 Å². The van der Waals surface area contributed by atoms with E-state index in [4.69, 9.17) is 4.98 Å². The van der Waals surface area contributed by atoms with Crippen molar-refractivity contribution in [3.8, 4) is 50.5 Å². The fourth-order valence-corrected chi connectivity index (χ4v) is 13.2. The highest BCUT2D eigenvalue weighted by atomic mass is 31.2. The molecule has 9 aromatic rings. The molecule has 3 nitrogen and oxygen atoms in total. The van der Waals surface area contributed by atoms with Crippen LogP contribution in [0, 0.1) is 0 Å². The van der Waals surface area contributed by atoms with Gasteiger partial charge < -0.3 is 4.57 Å². The first kappa shape index (κ1) is 30.0. The van der Waals surface area contributed by atoms with Crippen LogP contribution in [0.25, 0.3) is 61.5 Å². The standard InChI is InChI=1S/C50H31N2OP/c53-54(34-17-5-2-6-18-34)46-28-14-26-44-47(46)52(49(51-44)32-15-3-1-4-16-32)45-27-13-22-35(48(45)54)33-29-30-39-38-21-9-12-25-42(38)50(43(39)31-33)40-23-10-7-19-36(40)37-20-8-11-24-41(37)50/h1-31H. The van der Waals surface area contributed by atoms with Crippen molar-refractivity contribution >= 4 is 34.1 Å². The van der Waals surface area contributed by atoms with Crippen LogP contribution >= 0.6 is 7.14 Å². The van der Waals surface area contributed by atoms with Crippen molar-refractivity contribution in [2.24, 2.45) is 0 Å². The Labute approximate surface area is 313 Å². The van der Waals surface area contributed by atoms with Crippen LogP contribution in [0.3, 0.4) is 0 Å². The Morgan fingerprint density at radius 3 is 1.69 bits per heavy atom. The van der Waals surface area contributed by atoms with Gasteiger partial charge in [0, 0.05) is 16.2 Å². The monoisotopic (exact) mass is 706 g/mol. The lowest BCUT2D eigenvalue weighted by molar-refractivity contribution is 0.592. The van der Waals surface area contributed by atoms with Crippen molar-refractivity contribution in [2.75, 3.05) is 0 Å². The van der Waals surface area contributed by atoms with Gasteiger partial charge in [-0.05, 0) is 79.9 Å². The maximum Gasteiger partial charge on any atom is 0.175 e. The van der Waals surface area contributed by atoms with Gasteiger partial charge in [-0.25, -0.2) is 4.98 Å². The molecular weight excluding hydrogens is 676 g/mol. The average Bonchev–Trinajstić information content (AvgIpc) is 3.88. The van der Waals surface area contributed by atoms with E-state index in [0.29, 0.717) is 0 Å². The third-order valence-electron chi connectivity index (χ3n) is 12.0. The zero-order valence-corrected chi connectivity index (χ0v) is 30.0. The number of benzene rings is 8. The molecule has 0 N–H and O–H groups in total. The van der Waals surface area contributed by atoms with E-state index < -0.39 is 12.6 Å². The molecule has 1 aliphatic heterocycles. The third kappa shape index (κ3) is 3.62. The third-order valence-corrected chi connectivity index (χ3v) is 15.2. The molecule has 0 radical (unpaired) electrons. The minimum atomic E-state index is -3.42. The van der Waals surface area contributed by atoms with Crippen molar-refractivity contribution in [3.05, 3.63) is 210 Å². The van der Waals surface area contributed by atoms with Gasteiger partial charge in [0.1, 0.15) is 5.82 Å². The van der Waals surface area contributed by atoms with E-state index in [1.807, 2.05) is 48.5 Å². The first-order chi connectivity index (χ1) is 26.7. The normalized spacial score (nSPS) is 16.4. The highest BCUT2D eigenvalue weighted by molar-refractivity contribution is 7.86. The summed E-state index contributed by atoms with van der Waals surface area (Å²) in [5, 5.41) is 2.50. The molecule has 0 saturated carbocycles. The van der Waals surface area contributed by atoms with Crippen LogP contribution in [-0.2, 0) is 9.98 Å². The van der Waals surface area contributed by atoms with Gasteiger partial charge in [0.15, 0.2) is 7.14 Å². The molecule has 1 aromatic heterocycles. The zero-order valence-electron chi connectivity index (χ0n) is 29.1. The van der Waals surface area contributed by atoms with Crippen LogP contribution in [0.5, 0.6) is 0 Å². The Kier molecular flexibility index (Phi) is 5.97.